The molecule has 0 radical (unpaired) electrons. The Bertz CT molecular complexity index is 586. The molecular weight excluding hydrogens is 326 g/mol. The minimum atomic E-state index is 0.0453. The van der Waals surface area contributed by atoms with E-state index >= 15 is 0 Å². The van der Waals surface area contributed by atoms with E-state index in [1.165, 1.54) is 11.1 Å². The summed E-state index contributed by atoms with van der Waals surface area (Å²) in [6, 6.07) is 8.62. The van der Waals surface area contributed by atoms with E-state index in [4.69, 9.17) is 9.47 Å². The first-order valence-electron chi connectivity index (χ1n) is 9.56. The number of benzene rings is 1. The van der Waals surface area contributed by atoms with Gasteiger partial charge in [-0.2, -0.15) is 0 Å². The van der Waals surface area contributed by atoms with E-state index in [-0.39, 0.29) is 5.41 Å². The van der Waals surface area contributed by atoms with Gasteiger partial charge in [-0.3, -0.25) is 4.99 Å². The largest absolute Gasteiger partial charge is 0.382 e. The third-order valence-corrected chi connectivity index (χ3v) is 5.15. The zero-order valence-corrected chi connectivity index (χ0v) is 17.0. The van der Waals surface area contributed by atoms with Crippen molar-refractivity contribution >= 4 is 5.96 Å². The van der Waals surface area contributed by atoms with Crippen LogP contribution in [0.15, 0.2) is 29.3 Å². The third-order valence-electron chi connectivity index (χ3n) is 5.15. The summed E-state index contributed by atoms with van der Waals surface area (Å²) in [4.78, 5) is 6.85. The molecule has 5 heteroatoms. The maximum atomic E-state index is 5.69. The van der Waals surface area contributed by atoms with Crippen molar-refractivity contribution in [2.24, 2.45) is 10.9 Å². The summed E-state index contributed by atoms with van der Waals surface area (Å²) in [5, 5.41) is 3.59. The molecule has 0 aromatic heterocycles. The molecule has 0 aliphatic carbocycles. The number of likely N-dealkylation sites (tertiary alicyclic amines) is 1. The molecule has 1 heterocycles. The van der Waals surface area contributed by atoms with Gasteiger partial charge in [-0.1, -0.05) is 38.1 Å². The maximum Gasteiger partial charge on any atom is 0.193 e. The van der Waals surface area contributed by atoms with Gasteiger partial charge in [0.25, 0.3) is 0 Å². The molecule has 0 saturated carbocycles. The molecule has 1 atom stereocenters. The standard InChI is InChI=1S/C21H35N3O2/c1-17-8-6-7-9-19(17)21(2,3)16-23-20(22-4)24-11-10-18(14-24)15-26-13-12-25-5/h6-9,18H,10-16H2,1-5H3,(H,22,23). The second-order valence-electron chi connectivity index (χ2n) is 7.77. The fourth-order valence-corrected chi connectivity index (χ4v) is 3.61. The second-order valence-corrected chi connectivity index (χ2v) is 7.77. The molecule has 1 aliphatic heterocycles. The van der Waals surface area contributed by atoms with Crippen molar-refractivity contribution in [3.8, 4) is 0 Å². The van der Waals surface area contributed by atoms with Crippen molar-refractivity contribution in [3.05, 3.63) is 35.4 Å². The lowest BCUT2D eigenvalue weighted by atomic mass is 9.82. The van der Waals surface area contributed by atoms with Gasteiger partial charge in [0.1, 0.15) is 0 Å². The number of guanidine groups is 1. The van der Waals surface area contributed by atoms with Crippen molar-refractivity contribution in [2.75, 3.05) is 53.6 Å². The van der Waals surface area contributed by atoms with Crippen LogP contribution in [-0.2, 0) is 14.9 Å². The summed E-state index contributed by atoms with van der Waals surface area (Å²) in [6.45, 7) is 11.8. The normalized spacial score (nSPS) is 18.4. The van der Waals surface area contributed by atoms with Crippen LogP contribution in [0.4, 0.5) is 0 Å². The van der Waals surface area contributed by atoms with Crippen LogP contribution in [0.2, 0.25) is 0 Å². The van der Waals surface area contributed by atoms with Crippen molar-refractivity contribution in [2.45, 2.75) is 32.6 Å². The molecule has 2 rings (SSSR count). The number of methoxy groups -OCH3 is 1. The zero-order valence-electron chi connectivity index (χ0n) is 17.0. The molecule has 26 heavy (non-hydrogen) atoms. The topological polar surface area (TPSA) is 46.1 Å². The van der Waals surface area contributed by atoms with Crippen LogP contribution in [0.1, 0.15) is 31.4 Å². The predicted octanol–water partition coefficient (Wildman–Crippen LogP) is 2.83. The third kappa shape index (κ3) is 5.71. The highest BCUT2D eigenvalue weighted by Gasteiger charge is 2.27. The molecule has 0 amide bonds. The van der Waals surface area contributed by atoms with Crippen LogP contribution >= 0.6 is 0 Å². The molecule has 1 saturated heterocycles. The van der Waals surface area contributed by atoms with Crippen molar-refractivity contribution < 1.29 is 9.47 Å². The summed E-state index contributed by atoms with van der Waals surface area (Å²) < 4.78 is 10.7. The number of ether oxygens (including phenoxy) is 2. The van der Waals surface area contributed by atoms with Crippen molar-refractivity contribution in [3.63, 3.8) is 0 Å². The Balaban J connectivity index is 1.85. The van der Waals surface area contributed by atoms with Gasteiger partial charge in [0.15, 0.2) is 5.96 Å². The number of rotatable bonds is 8. The molecule has 146 valence electrons. The lowest BCUT2D eigenvalue weighted by Crippen LogP contribution is -2.45. The van der Waals surface area contributed by atoms with Gasteiger partial charge in [-0.25, -0.2) is 0 Å². The van der Waals surface area contributed by atoms with Gasteiger partial charge in [0, 0.05) is 45.1 Å². The van der Waals surface area contributed by atoms with Gasteiger partial charge in [-0.05, 0) is 24.5 Å². The second kappa shape index (κ2) is 9.93. The van der Waals surface area contributed by atoms with Crippen LogP contribution in [0.5, 0.6) is 0 Å². The van der Waals surface area contributed by atoms with Crippen molar-refractivity contribution in [1.29, 1.82) is 0 Å². The number of nitrogens with one attached hydrogen (secondary N) is 1. The number of aliphatic imine (C=N–C) groups is 1. The highest BCUT2D eigenvalue weighted by Crippen LogP contribution is 2.25. The summed E-state index contributed by atoms with van der Waals surface area (Å²) in [5.41, 5.74) is 2.77. The first-order valence-corrected chi connectivity index (χ1v) is 9.56. The van der Waals surface area contributed by atoms with Gasteiger partial charge in [0.2, 0.25) is 0 Å². The van der Waals surface area contributed by atoms with E-state index in [0.29, 0.717) is 19.1 Å². The van der Waals surface area contributed by atoms with Crippen LogP contribution in [0.25, 0.3) is 0 Å². The first-order chi connectivity index (χ1) is 12.5. The van der Waals surface area contributed by atoms with E-state index < -0.39 is 0 Å². The Morgan fingerprint density at radius 1 is 1.31 bits per heavy atom. The Morgan fingerprint density at radius 2 is 2.08 bits per heavy atom. The highest BCUT2D eigenvalue weighted by atomic mass is 16.5. The first kappa shape index (κ1) is 20.7. The number of hydrogen-bond donors (Lipinski definition) is 1. The fourth-order valence-electron chi connectivity index (χ4n) is 3.61. The summed E-state index contributed by atoms with van der Waals surface area (Å²) >= 11 is 0. The average Bonchev–Trinajstić information content (AvgIpc) is 3.08. The average molecular weight is 362 g/mol. The Hall–Kier alpha value is -1.59. The SMILES string of the molecule is CN=C(NCC(C)(C)c1ccccc1C)N1CCC(COCCOC)C1. The van der Waals surface area contributed by atoms with Crippen LogP contribution < -0.4 is 5.32 Å². The molecule has 0 bridgehead atoms. The minimum Gasteiger partial charge on any atom is -0.382 e. The maximum absolute atomic E-state index is 5.69. The molecule has 1 aromatic carbocycles. The van der Waals surface area contributed by atoms with Gasteiger partial charge < -0.3 is 19.7 Å². The number of nitrogens with zero attached hydrogens (tertiary/aromatic N) is 2. The minimum absolute atomic E-state index is 0.0453. The van der Waals surface area contributed by atoms with Crippen LogP contribution in [0.3, 0.4) is 0 Å². The summed E-state index contributed by atoms with van der Waals surface area (Å²) in [6.07, 6.45) is 1.15. The molecule has 0 spiro atoms. The molecule has 5 nitrogen and oxygen atoms in total. The monoisotopic (exact) mass is 361 g/mol. The highest BCUT2D eigenvalue weighted by molar-refractivity contribution is 5.80. The van der Waals surface area contributed by atoms with E-state index in [0.717, 1.165) is 38.6 Å². The Kier molecular flexibility index (Phi) is 7.91. The summed E-state index contributed by atoms with van der Waals surface area (Å²) in [7, 11) is 3.57. The van der Waals surface area contributed by atoms with E-state index in [9.17, 15) is 0 Å². The molecule has 1 fully saturated rings. The molecule has 1 aliphatic rings. The summed E-state index contributed by atoms with van der Waals surface area (Å²) in [5.74, 6) is 1.56. The van der Waals surface area contributed by atoms with Gasteiger partial charge in [-0.15, -0.1) is 0 Å². The lowest BCUT2D eigenvalue weighted by Gasteiger charge is -2.30. The van der Waals surface area contributed by atoms with Gasteiger partial charge in [0.05, 0.1) is 19.8 Å². The lowest BCUT2D eigenvalue weighted by molar-refractivity contribution is 0.0536. The Morgan fingerprint density at radius 3 is 2.77 bits per heavy atom. The smallest absolute Gasteiger partial charge is 0.193 e. The molecular formula is C21H35N3O2. The van der Waals surface area contributed by atoms with E-state index in [1.54, 1.807) is 7.11 Å². The van der Waals surface area contributed by atoms with E-state index in [1.807, 2.05) is 7.05 Å². The predicted molar refractivity (Wildman–Crippen MR) is 108 cm³/mol. The number of aryl methyl sites for hydroxylation is 1. The molecule has 1 N–H and O–H groups in total. The fraction of sp³-hybridized carbons (Fsp3) is 0.667. The quantitative estimate of drug-likeness (QED) is 0.439. The number of hydrogen-bond acceptors (Lipinski definition) is 3. The molecule has 1 aromatic rings. The zero-order chi connectivity index (χ0) is 19.0. The van der Waals surface area contributed by atoms with E-state index in [2.05, 4.69) is 60.2 Å². The molecule has 1 unspecified atom stereocenters. The van der Waals surface area contributed by atoms with Gasteiger partial charge >= 0.3 is 0 Å². The van der Waals surface area contributed by atoms with Crippen LogP contribution in [0, 0.1) is 12.8 Å². The van der Waals surface area contributed by atoms with Crippen LogP contribution in [-0.4, -0.2) is 64.5 Å². The van der Waals surface area contributed by atoms with Crippen molar-refractivity contribution in [1.82, 2.24) is 10.2 Å². The Labute approximate surface area is 158 Å².